The Morgan fingerprint density at radius 3 is 2.42 bits per heavy atom. The lowest BCUT2D eigenvalue weighted by Gasteiger charge is -2.12. The van der Waals surface area contributed by atoms with Gasteiger partial charge < -0.3 is 9.47 Å². The standard InChI is InChI=1S/C20H19ClO3/c21-16-9-11-20-17(14-16)18(22)10-8-15-6-2-3-7-19(15)23-12-4-1-5-13-24-20/h2-3,6-11,14H,1,4-5,12-13H2/b10-8-. The first kappa shape index (κ1) is 16.6. The molecule has 1 aliphatic heterocycles. The van der Waals surface area contributed by atoms with Crippen LogP contribution in [0.15, 0.2) is 48.5 Å². The van der Waals surface area contributed by atoms with Crippen molar-refractivity contribution >= 4 is 23.5 Å². The highest BCUT2D eigenvalue weighted by Crippen LogP contribution is 2.26. The van der Waals surface area contributed by atoms with E-state index in [0.717, 1.165) is 30.6 Å². The number of carbonyl (C=O) groups excluding carboxylic acids is 1. The van der Waals surface area contributed by atoms with Crippen molar-refractivity contribution in [1.29, 1.82) is 0 Å². The van der Waals surface area contributed by atoms with Gasteiger partial charge in [0, 0.05) is 10.6 Å². The number of para-hydroxylation sites is 1. The highest BCUT2D eigenvalue weighted by atomic mass is 35.5. The molecule has 1 aliphatic rings. The number of hydrogen-bond donors (Lipinski definition) is 0. The number of fused-ring (bicyclic) bond motifs is 2. The Labute approximate surface area is 146 Å². The third kappa shape index (κ3) is 4.18. The van der Waals surface area contributed by atoms with Crippen molar-refractivity contribution in [2.24, 2.45) is 0 Å². The molecular formula is C20H19ClO3. The molecule has 2 aromatic carbocycles. The molecule has 3 rings (SSSR count). The molecule has 0 radical (unpaired) electrons. The zero-order valence-corrected chi connectivity index (χ0v) is 14.1. The first-order chi connectivity index (χ1) is 11.7. The van der Waals surface area contributed by atoms with Gasteiger partial charge in [-0.1, -0.05) is 29.8 Å². The lowest BCUT2D eigenvalue weighted by molar-refractivity contribution is 0.104. The Morgan fingerprint density at radius 2 is 1.58 bits per heavy atom. The van der Waals surface area contributed by atoms with Gasteiger partial charge in [0.1, 0.15) is 11.5 Å². The average molecular weight is 343 g/mol. The van der Waals surface area contributed by atoms with Crippen LogP contribution in [0.1, 0.15) is 35.2 Å². The van der Waals surface area contributed by atoms with Gasteiger partial charge in [-0.05, 0) is 55.7 Å². The van der Waals surface area contributed by atoms with Crippen molar-refractivity contribution in [3.8, 4) is 11.5 Å². The fraction of sp³-hybridized carbons (Fsp3) is 0.250. The third-order valence-electron chi connectivity index (χ3n) is 3.84. The van der Waals surface area contributed by atoms with Gasteiger partial charge in [-0.3, -0.25) is 4.79 Å². The van der Waals surface area contributed by atoms with Crippen LogP contribution in [0.3, 0.4) is 0 Å². The molecule has 1 heterocycles. The minimum Gasteiger partial charge on any atom is -0.493 e. The van der Waals surface area contributed by atoms with Crippen LogP contribution in [0.5, 0.6) is 11.5 Å². The molecule has 0 unspecified atom stereocenters. The molecule has 0 saturated carbocycles. The zero-order chi connectivity index (χ0) is 16.8. The van der Waals surface area contributed by atoms with Crippen molar-refractivity contribution in [1.82, 2.24) is 0 Å². The topological polar surface area (TPSA) is 35.5 Å². The largest absolute Gasteiger partial charge is 0.493 e. The molecule has 0 atom stereocenters. The number of rotatable bonds is 0. The second kappa shape index (κ2) is 8.02. The van der Waals surface area contributed by atoms with Crippen molar-refractivity contribution in [2.75, 3.05) is 13.2 Å². The van der Waals surface area contributed by atoms with Crippen LogP contribution in [0.25, 0.3) is 6.08 Å². The fourth-order valence-corrected chi connectivity index (χ4v) is 2.74. The van der Waals surface area contributed by atoms with E-state index in [-0.39, 0.29) is 5.78 Å². The van der Waals surface area contributed by atoms with Gasteiger partial charge in [-0.25, -0.2) is 0 Å². The highest BCUT2D eigenvalue weighted by Gasteiger charge is 2.12. The van der Waals surface area contributed by atoms with Crippen molar-refractivity contribution in [2.45, 2.75) is 19.3 Å². The van der Waals surface area contributed by atoms with E-state index in [9.17, 15) is 4.79 Å². The van der Waals surface area contributed by atoms with E-state index in [2.05, 4.69) is 0 Å². The molecule has 4 heteroatoms. The maximum atomic E-state index is 12.6. The van der Waals surface area contributed by atoms with Gasteiger partial charge in [0.25, 0.3) is 0 Å². The van der Waals surface area contributed by atoms with E-state index >= 15 is 0 Å². The average Bonchev–Trinajstić information content (AvgIpc) is 2.60. The lowest BCUT2D eigenvalue weighted by atomic mass is 10.1. The van der Waals surface area contributed by atoms with E-state index in [1.165, 1.54) is 6.08 Å². The van der Waals surface area contributed by atoms with Gasteiger partial charge in [0.05, 0.1) is 18.8 Å². The van der Waals surface area contributed by atoms with Gasteiger partial charge in [-0.2, -0.15) is 0 Å². The van der Waals surface area contributed by atoms with Crippen molar-refractivity contribution < 1.29 is 14.3 Å². The number of ketones is 1. The summed E-state index contributed by atoms with van der Waals surface area (Å²) >= 11 is 6.04. The summed E-state index contributed by atoms with van der Waals surface area (Å²) in [6.07, 6.45) is 6.19. The molecule has 0 fully saturated rings. The predicted octanol–water partition coefficient (Wildman–Crippen LogP) is 5.18. The van der Waals surface area contributed by atoms with E-state index in [1.807, 2.05) is 24.3 Å². The molecule has 3 nitrogen and oxygen atoms in total. The first-order valence-electron chi connectivity index (χ1n) is 8.10. The molecular weight excluding hydrogens is 324 g/mol. The quantitative estimate of drug-likeness (QED) is 0.662. The zero-order valence-electron chi connectivity index (χ0n) is 13.3. The van der Waals surface area contributed by atoms with Crippen LogP contribution in [0.4, 0.5) is 0 Å². The van der Waals surface area contributed by atoms with E-state index < -0.39 is 0 Å². The second-order valence-corrected chi connectivity index (χ2v) is 6.07. The van der Waals surface area contributed by atoms with Crippen molar-refractivity contribution in [3.63, 3.8) is 0 Å². The summed E-state index contributed by atoms with van der Waals surface area (Å²) in [5, 5.41) is 0.518. The summed E-state index contributed by atoms with van der Waals surface area (Å²) in [6, 6.07) is 12.9. The molecule has 0 saturated heterocycles. The molecule has 0 spiro atoms. The van der Waals surface area contributed by atoms with Gasteiger partial charge in [0.15, 0.2) is 5.78 Å². The maximum Gasteiger partial charge on any atom is 0.189 e. The number of halogens is 1. The molecule has 0 bridgehead atoms. The Morgan fingerprint density at radius 1 is 0.833 bits per heavy atom. The normalized spacial score (nSPS) is 16.8. The van der Waals surface area contributed by atoms with Crippen LogP contribution < -0.4 is 9.47 Å². The lowest BCUT2D eigenvalue weighted by Crippen LogP contribution is -2.05. The highest BCUT2D eigenvalue weighted by molar-refractivity contribution is 6.31. The molecule has 124 valence electrons. The fourth-order valence-electron chi connectivity index (χ4n) is 2.57. The van der Waals surface area contributed by atoms with Crippen LogP contribution in [0, 0.1) is 0 Å². The minimum atomic E-state index is -0.139. The van der Waals surface area contributed by atoms with E-state index in [0.29, 0.717) is 29.5 Å². The second-order valence-electron chi connectivity index (χ2n) is 5.63. The van der Waals surface area contributed by atoms with Crippen LogP contribution in [-0.2, 0) is 0 Å². The Bertz CT molecular complexity index is 752. The Balaban J connectivity index is 1.95. The predicted molar refractivity (Wildman–Crippen MR) is 96.1 cm³/mol. The van der Waals surface area contributed by atoms with Gasteiger partial charge in [-0.15, -0.1) is 0 Å². The summed E-state index contributed by atoms with van der Waals surface area (Å²) in [7, 11) is 0. The van der Waals surface area contributed by atoms with Crippen molar-refractivity contribution in [3.05, 3.63) is 64.7 Å². The van der Waals surface area contributed by atoms with Crippen LogP contribution in [-0.4, -0.2) is 19.0 Å². The summed E-state index contributed by atoms with van der Waals surface area (Å²) in [6.45, 7) is 1.23. The molecule has 0 aromatic heterocycles. The Hall–Kier alpha value is -2.26. The number of carbonyl (C=O) groups is 1. The van der Waals surface area contributed by atoms with E-state index in [1.54, 1.807) is 24.3 Å². The SMILES string of the molecule is O=C1/C=C\c2ccccc2OCCCCCOc2ccc(Cl)cc21. The summed E-state index contributed by atoms with van der Waals surface area (Å²) < 4.78 is 11.6. The van der Waals surface area contributed by atoms with E-state index in [4.69, 9.17) is 21.1 Å². The maximum absolute atomic E-state index is 12.6. The number of hydrogen-bond acceptors (Lipinski definition) is 3. The first-order valence-corrected chi connectivity index (χ1v) is 8.48. The molecule has 0 N–H and O–H groups in total. The smallest absolute Gasteiger partial charge is 0.189 e. The van der Waals surface area contributed by atoms with Crippen LogP contribution in [0.2, 0.25) is 5.02 Å². The molecule has 0 amide bonds. The summed E-state index contributed by atoms with van der Waals surface area (Å²) in [4.78, 5) is 12.6. The van der Waals surface area contributed by atoms with Crippen LogP contribution >= 0.6 is 11.6 Å². The Kier molecular flexibility index (Phi) is 5.55. The number of ether oxygens (including phenoxy) is 2. The van der Waals surface area contributed by atoms with Gasteiger partial charge >= 0.3 is 0 Å². The van der Waals surface area contributed by atoms with Gasteiger partial charge in [0.2, 0.25) is 0 Å². The molecule has 0 aliphatic carbocycles. The molecule has 24 heavy (non-hydrogen) atoms. The molecule has 2 aromatic rings. The summed E-state index contributed by atoms with van der Waals surface area (Å²) in [5.74, 6) is 1.23. The number of allylic oxidation sites excluding steroid dienone is 1. The monoisotopic (exact) mass is 342 g/mol. The summed E-state index contributed by atoms with van der Waals surface area (Å²) in [5.41, 5.74) is 1.36. The number of benzene rings is 2. The minimum absolute atomic E-state index is 0.139. The third-order valence-corrected chi connectivity index (χ3v) is 4.08.